The smallest absolute Gasteiger partial charge is 0.275 e. The third-order valence-corrected chi connectivity index (χ3v) is 4.56. The van der Waals surface area contributed by atoms with Crippen molar-refractivity contribution in [3.05, 3.63) is 92.5 Å². The van der Waals surface area contributed by atoms with E-state index < -0.39 is 16.6 Å². The van der Waals surface area contributed by atoms with Crippen LogP contribution in [0.5, 0.6) is 17.2 Å². The zero-order valence-electron chi connectivity index (χ0n) is 16.8. The van der Waals surface area contributed by atoms with Gasteiger partial charge < -0.3 is 14.6 Å². The van der Waals surface area contributed by atoms with Crippen LogP contribution in [0.25, 0.3) is 0 Å². The molecule has 0 aliphatic heterocycles. The summed E-state index contributed by atoms with van der Waals surface area (Å²) in [7, 11) is 1.50. The molecule has 0 aromatic heterocycles. The second-order valence-electron chi connectivity index (χ2n) is 6.48. The van der Waals surface area contributed by atoms with E-state index in [9.17, 15) is 20.0 Å². The van der Waals surface area contributed by atoms with E-state index in [4.69, 9.17) is 21.1 Å². The minimum Gasteiger partial charge on any atom is -0.507 e. The normalized spacial score (nSPS) is 10.7. The molecule has 164 valence electrons. The van der Waals surface area contributed by atoms with Gasteiger partial charge in [-0.15, -0.1) is 0 Å². The molecular weight excluding hydrogens is 438 g/mol. The predicted molar refractivity (Wildman–Crippen MR) is 119 cm³/mol. The van der Waals surface area contributed by atoms with E-state index in [-0.39, 0.29) is 11.3 Å². The number of halogens is 1. The molecule has 1 amide bonds. The molecule has 0 atom stereocenters. The number of methoxy groups -OCH3 is 1. The summed E-state index contributed by atoms with van der Waals surface area (Å²) in [6.07, 6.45) is 1.36. The number of nitro benzene ring substituents is 1. The molecule has 2 N–H and O–H groups in total. The van der Waals surface area contributed by atoms with Gasteiger partial charge in [0, 0.05) is 17.2 Å². The number of ether oxygens (including phenoxy) is 2. The number of nitrogens with zero attached hydrogens (tertiary/aromatic N) is 2. The highest BCUT2D eigenvalue weighted by Gasteiger charge is 2.16. The standard InChI is InChI=1S/C22H18ClN3O6/c1-31-21-10-15(4-9-20(21)32-13-14-2-5-16(23)6-3-14)12-24-25-22(28)18-11-17(26(29)30)7-8-19(18)27/h2-12,27H,13H2,1H3,(H,25,28)/b24-12-. The molecule has 10 heteroatoms. The fourth-order valence-corrected chi connectivity index (χ4v) is 2.80. The number of hydrogen-bond acceptors (Lipinski definition) is 7. The Morgan fingerprint density at radius 1 is 1.16 bits per heavy atom. The number of aromatic hydroxyl groups is 1. The number of nitrogens with one attached hydrogen (secondary N) is 1. The molecule has 0 radical (unpaired) electrons. The summed E-state index contributed by atoms with van der Waals surface area (Å²) in [6.45, 7) is 0.323. The SMILES string of the molecule is COc1cc(/C=N\NC(=O)c2cc([N+](=O)[O-])ccc2O)ccc1OCc1ccc(Cl)cc1. The Kier molecular flexibility index (Phi) is 7.25. The molecule has 3 aromatic carbocycles. The highest BCUT2D eigenvalue weighted by Crippen LogP contribution is 2.28. The largest absolute Gasteiger partial charge is 0.507 e. The summed E-state index contributed by atoms with van der Waals surface area (Å²) >= 11 is 5.88. The van der Waals surface area contributed by atoms with Crippen molar-refractivity contribution >= 4 is 29.4 Å². The molecule has 0 unspecified atom stereocenters. The first-order chi connectivity index (χ1) is 15.4. The van der Waals surface area contributed by atoms with E-state index in [1.165, 1.54) is 13.3 Å². The van der Waals surface area contributed by atoms with Crippen molar-refractivity contribution in [2.45, 2.75) is 6.61 Å². The quantitative estimate of drug-likeness (QED) is 0.296. The minimum atomic E-state index is -0.794. The molecule has 0 spiro atoms. The topological polar surface area (TPSA) is 123 Å². The van der Waals surface area contributed by atoms with Crippen molar-refractivity contribution in [1.82, 2.24) is 5.43 Å². The van der Waals surface area contributed by atoms with Crippen LogP contribution in [0.3, 0.4) is 0 Å². The zero-order chi connectivity index (χ0) is 23.1. The summed E-state index contributed by atoms with van der Waals surface area (Å²) < 4.78 is 11.1. The lowest BCUT2D eigenvalue weighted by Crippen LogP contribution is -2.18. The first-order valence-electron chi connectivity index (χ1n) is 9.23. The maximum absolute atomic E-state index is 12.2. The lowest BCUT2D eigenvalue weighted by molar-refractivity contribution is -0.384. The molecule has 9 nitrogen and oxygen atoms in total. The Morgan fingerprint density at radius 2 is 1.91 bits per heavy atom. The van der Waals surface area contributed by atoms with E-state index >= 15 is 0 Å². The highest BCUT2D eigenvalue weighted by molar-refractivity contribution is 6.30. The molecule has 0 bridgehead atoms. The van der Waals surface area contributed by atoms with Gasteiger partial charge in [-0.05, 0) is 47.5 Å². The maximum Gasteiger partial charge on any atom is 0.275 e. The summed E-state index contributed by atoms with van der Waals surface area (Å²) in [5, 5.41) is 25.1. The van der Waals surface area contributed by atoms with Crippen LogP contribution in [0, 0.1) is 10.1 Å². The van der Waals surface area contributed by atoms with Gasteiger partial charge in [-0.3, -0.25) is 14.9 Å². The summed E-state index contributed by atoms with van der Waals surface area (Å²) in [5.74, 6) is -0.208. The van der Waals surface area contributed by atoms with Crippen LogP contribution in [0.2, 0.25) is 5.02 Å². The molecule has 0 aliphatic rings. The number of carbonyl (C=O) groups excluding carboxylic acids is 1. The predicted octanol–water partition coefficient (Wildman–Crippen LogP) is 4.31. The second-order valence-corrected chi connectivity index (χ2v) is 6.92. The van der Waals surface area contributed by atoms with E-state index in [1.807, 2.05) is 12.1 Å². The van der Waals surface area contributed by atoms with Crippen molar-refractivity contribution in [3.8, 4) is 17.2 Å². The van der Waals surface area contributed by atoms with Gasteiger partial charge >= 0.3 is 0 Å². The van der Waals surface area contributed by atoms with Gasteiger partial charge in [0.25, 0.3) is 11.6 Å². The number of amides is 1. The fraction of sp³-hybridized carbons (Fsp3) is 0.0909. The Morgan fingerprint density at radius 3 is 2.59 bits per heavy atom. The minimum absolute atomic E-state index is 0.264. The summed E-state index contributed by atoms with van der Waals surface area (Å²) in [6, 6.07) is 15.5. The van der Waals surface area contributed by atoms with E-state index in [2.05, 4.69) is 10.5 Å². The highest BCUT2D eigenvalue weighted by atomic mass is 35.5. The van der Waals surface area contributed by atoms with Crippen LogP contribution in [0.1, 0.15) is 21.5 Å². The average Bonchev–Trinajstić information content (AvgIpc) is 2.79. The Labute approximate surface area is 188 Å². The van der Waals surface area contributed by atoms with Crippen LogP contribution in [0.4, 0.5) is 5.69 Å². The number of hydrazone groups is 1. The molecule has 0 heterocycles. The number of non-ortho nitro benzene ring substituents is 1. The summed E-state index contributed by atoms with van der Waals surface area (Å²) in [5.41, 5.74) is 3.18. The molecule has 3 aromatic rings. The molecule has 3 rings (SSSR count). The molecule has 0 aliphatic carbocycles. The summed E-state index contributed by atoms with van der Waals surface area (Å²) in [4.78, 5) is 22.4. The monoisotopic (exact) mass is 455 g/mol. The van der Waals surface area contributed by atoms with Gasteiger partial charge in [-0.2, -0.15) is 5.10 Å². The van der Waals surface area contributed by atoms with Gasteiger partial charge in [-0.25, -0.2) is 5.43 Å². The lowest BCUT2D eigenvalue weighted by atomic mass is 10.1. The number of phenolic OH excluding ortho intramolecular Hbond substituents is 1. The van der Waals surface area contributed by atoms with Crippen molar-refractivity contribution < 1.29 is 24.3 Å². The van der Waals surface area contributed by atoms with Crippen molar-refractivity contribution in [2.75, 3.05) is 7.11 Å². The third kappa shape index (κ3) is 5.73. The molecule has 32 heavy (non-hydrogen) atoms. The molecule has 0 saturated carbocycles. The lowest BCUT2D eigenvalue weighted by Gasteiger charge is -2.11. The van der Waals surface area contributed by atoms with Crippen molar-refractivity contribution in [2.24, 2.45) is 5.10 Å². The van der Waals surface area contributed by atoms with Crippen LogP contribution < -0.4 is 14.9 Å². The van der Waals surface area contributed by atoms with Crippen molar-refractivity contribution in [3.63, 3.8) is 0 Å². The Hall–Kier alpha value is -4.11. The van der Waals surface area contributed by atoms with Gasteiger partial charge in [0.1, 0.15) is 12.4 Å². The van der Waals surface area contributed by atoms with Crippen LogP contribution in [-0.4, -0.2) is 29.3 Å². The number of carbonyl (C=O) groups is 1. The molecule has 0 fully saturated rings. The first-order valence-corrected chi connectivity index (χ1v) is 9.61. The number of benzene rings is 3. The van der Waals surface area contributed by atoms with E-state index in [0.717, 1.165) is 23.8 Å². The van der Waals surface area contributed by atoms with Crippen LogP contribution in [0.15, 0.2) is 65.8 Å². The number of rotatable bonds is 8. The molecular formula is C22H18ClN3O6. The number of phenols is 1. The van der Waals surface area contributed by atoms with Crippen molar-refractivity contribution in [1.29, 1.82) is 0 Å². The van der Waals surface area contributed by atoms with Gasteiger partial charge in [0.05, 0.1) is 23.8 Å². The Bertz CT molecular complexity index is 1160. The van der Waals surface area contributed by atoms with E-state index in [1.54, 1.807) is 30.3 Å². The van der Waals surface area contributed by atoms with Crippen LogP contribution in [-0.2, 0) is 6.61 Å². The molecule has 0 saturated heterocycles. The van der Waals surface area contributed by atoms with Gasteiger partial charge in [0.2, 0.25) is 0 Å². The van der Waals surface area contributed by atoms with Gasteiger partial charge in [-0.1, -0.05) is 23.7 Å². The van der Waals surface area contributed by atoms with Crippen LogP contribution >= 0.6 is 11.6 Å². The number of hydrogen-bond donors (Lipinski definition) is 2. The van der Waals surface area contributed by atoms with E-state index in [0.29, 0.717) is 28.7 Å². The average molecular weight is 456 g/mol. The second kappa shape index (κ2) is 10.3. The zero-order valence-corrected chi connectivity index (χ0v) is 17.6. The Balaban J connectivity index is 1.66. The third-order valence-electron chi connectivity index (χ3n) is 4.31. The maximum atomic E-state index is 12.2. The number of nitro groups is 1. The first kappa shape index (κ1) is 22.6. The fourth-order valence-electron chi connectivity index (χ4n) is 2.67. The van der Waals surface area contributed by atoms with Gasteiger partial charge in [0.15, 0.2) is 11.5 Å².